The van der Waals surface area contributed by atoms with Crippen LogP contribution in [0, 0.1) is 16.0 Å². The van der Waals surface area contributed by atoms with Gasteiger partial charge in [-0.1, -0.05) is 20.8 Å². The van der Waals surface area contributed by atoms with E-state index < -0.39 is 6.10 Å². The Labute approximate surface area is 107 Å². The maximum absolute atomic E-state index is 11.2. The van der Waals surface area contributed by atoms with Crippen LogP contribution in [-0.2, 0) is 13.5 Å². The zero-order valence-corrected chi connectivity index (χ0v) is 11.5. The molecule has 6 heteroatoms. The van der Waals surface area contributed by atoms with Gasteiger partial charge in [-0.25, -0.2) is 0 Å². The molecule has 0 fully saturated rings. The molecule has 0 amide bonds. The highest BCUT2D eigenvalue weighted by atomic mass is 16.6. The predicted molar refractivity (Wildman–Crippen MR) is 68.5 cm³/mol. The van der Waals surface area contributed by atoms with Gasteiger partial charge in [0.1, 0.15) is 11.4 Å². The molecule has 0 saturated heterocycles. The fourth-order valence-corrected chi connectivity index (χ4v) is 2.50. The van der Waals surface area contributed by atoms with Crippen LogP contribution in [-0.4, -0.2) is 25.9 Å². The molecule has 0 aromatic carbocycles. The van der Waals surface area contributed by atoms with Crippen molar-refractivity contribution >= 4 is 5.69 Å². The van der Waals surface area contributed by atoms with Crippen LogP contribution in [0.25, 0.3) is 0 Å². The standard InChI is InChI=1S/C12H21N3O3/c1-6-9-11(15(17)18)12(14(5)13-9)10(7(2)3)8(4)16/h7-8,10,16H,6H2,1-5H3. The highest BCUT2D eigenvalue weighted by Crippen LogP contribution is 2.36. The average molecular weight is 255 g/mol. The van der Waals surface area contributed by atoms with Crippen molar-refractivity contribution in [2.24, 2.45) is 13.0 Å². The van der Waals surface area contributed by atoms with Crippen LogP contribution >= 0.6 is 0 Å². The largest absolute Gasteiger partial charge is 0.393 e. The highest BCUT2D eigenvalue weighted by molar-refractivity contribution is 5.44. The van der Waals surface area contributed by atoms with Crippen LogP contribution in [0.15, 0.2) is 0 Å². The van der Waals surface area contributed by atoms with E-state index in [-0.39, 0.29) is 22.4 Å². The maximum Gasteiger partial charge on any atom is 0.313 e. The van der Waals surface area contributed by atoms with Crippen LogP contribution in [0.2, 0.25) is 0 Å². The van der Waals surface area contributed by atoms with Gasteiger partial charge in [-0.15, -0.1) is 0 Å². The van der Waals surface area contributed by atoms with Crippen LogP contribution in [0.5, 0.6) is 0 Å². The van der Waals surface area contributed by atoms with Gasteiger partial charge in [0.15, 0.2) is 0 Å². The third-order valence-electron chi connectivity index (χ3n) is 3.21. The lowest BCUT2D eigenvalue weighted by molar-refractivity contribution is -0.386. The molecular weight excluding hydrogens is 234 g/mol. The SMILES string of the molecule is CCc1nn(C)c(C(C(C)C)C(C)O)c1[N+](=O)[O-]. The third-order valence-corrected chi connectivity index (χ3v) is 3.21. The molecule has 0 saturated carbocycles. The first kappa shape index (κ1) is 14.6. The quantitative estimate of drug-likeness (QED) is 0.644. The van der Waals surface area contributed by atoms with Gasteiger partial charge >= 0.3 is 5.69 Å². The molecule has 1 aromatic heterocycles. The Morgan fingerprint density at radius 3 is 2.33 bits per heavy atom. The van der Waals surface area contributed by atoms with Gasteiger partial charge in [-0.3, -0.25) is 14.8 Å². The summed E-state index contributed by atoms with van der Waals surface area (Å²) >= 11 is 0. The number of aliphatic hydroxyl groups is 1. The normalized spacial score (nSPS) is 14.8. The summed E-state index contributed by atoms with van der Waals surface area (Å²) in [6.45, 7) is 7.39. The second-order valence-electron chi connectivity index (χ2n) is 4.93. The van der Waals surface area contributed by atoms with E-state index in [1.807, 2.05) is 20.8 Å². The molecule has 2 unspecified atom stereocenters. The Hall–Kier alpha value is -1.43. The fourth-order valence-electron chi connectivity index (χ4n) is 2.50. The lowest BCUT2D eigenvalue weighted by Gasteiger charge is -2.23. The average Bonchev–Trinajstić information content (AvgIpc) is 2.55. The molecule has 0 bridgehead atoms. The van der Waals surface area contributed by atoms with E-state index in [0.717, 1.165) is 0 Å². The number of hydrogen-bond acceptors (Lipinski definition) is 4. The molecule has 0 spiro atoms. The predicted octanol–water partition coefficient (Wildman–Crippen LogP) is 2.01. The van der Waals surface area contributed by atoms with E-state index in [1.165, 1.54) is 4.68 Å². The topological polar surface area (TPSA) is 81.2 Å². The Morgan fingerprint density at radius 2 is 2.00 bits per heavy atom. The third kappa shape index (κ3) is 2.53. The van der Waals surface area contributed by atoms with Gasteiger partial charge in [0.2, 0.25) is 0 Å². The summed E-state index contributed by atoms with van der Waals surface area (Å²) in [7, 11) is 1.69. The number of hydrogen-bond donors (Lipinski definition) is 1. The minimum atomic E-state index is -0.649. The molecule has 6 nitrogen and oxygen atoms in total. The smallest absolute Gasteiger partial charge is 0.313 e. The zero-order chi connectivity index (χ0) is 14.0. The van der Waals surface area contributed by atoms with Crippen molar-refractivity contribution in [2.75, 3.05) is 0 Å². The van der Waals surface area contributed by atoms with Crippen molar-refractivity contribution < 1.29 is 10.0 Å². The van der Waals surface area contributed by atoms with E-state index in [9.17, 15) is 15.2 Å². The van der Waals surface area contributed by atoms with Gasteiger partial charge in [-0.05, 0) is 19.3 Å². The van der Waals surface area contributed by atoms with Crippen molar-refractivity contribution in [3.05, 3.63) is 21.5 Å². The summed E-state index contributed by atoms with van der Waals surface area (Å²) in [5.74, 6) is -0.188. The Balaban J connectivity index is 3.46. The molecule has 0 aliphatic carbocycles. The molecule has 18 heavy (non-hydrogen) atoms. The number of nitrogens with zero attached hydrogens (tertiary/aromatic N) is 3. The second-order valence-corrected chi connectivity index (χ2v) is 4.93. The molecular formula is C12H21N3O3. The zero-order valence-electron chi connectivity index (χ0n) is 11.5. The van der Waals surface area contributed by atoms with Crippen molar-refractivity contribution in [1.82, 2.24) is 9.78 Å². The van der Waals surface area contributed by atoms with Gasteiger partial charge in [0.25, 0.3) is 0 Å². The molecule has 0 aliphatic rings. The number of nitro groups is 1. The minimum absolute atomic E-state index is 0.0552. The summed E-state index contributed by atoms with van der Waals surface area (Å²) in [6, 6.07) is 0. The lowest BCUT2D eigenvalue weighted by atomic mass is 9.87. The summed E-state index contributed by atoms with van der Waals surface area (Å²) in [5.41, 5.74) is 1.05. The van der Waals surface area contributed by atoms with E-state index >= 15 is 0 Å². The Kier molecular flexibility index (Phi) is 4.45. The summed E-state index contributed by atoms with van der Waals surface area (Å²) in [4.78, 5) is 10.8. The van der Waals surface area contributed by atoms with Crippen molar-refractivity contribution in [2.45, 2.75) is 46.1 Å². The molecule has 1 heterocycles. The van der Waals surface area contributed by atoms with Crippen molar-refractivity contribution in [3.63, 3.8) is 0 Å². The van der Waals surface area contributed by atoms with Gasteiger partial charge < -0.3 is 5.11 Å². The number of aliphatic hydroxyl groups excluding tert-OH is 1. The van der Waals surface area contributed by atoms with Gasteiger partial charge in [0.05, 0.1) is 11.0 Å². The highest BCUT2D eigenvalue weighted by Gasteiger charge is 2.35. The van der Waals surface area contributed by atoms with Crippen LogP contribution in [0.3, 0.4) is 0 Å². The molecule has 1 rings (SSSR count). The van der Waals surface area contributed by atoms with Gasteiger partial charge in [-0.2, -0.15) is 5.10 Å². The maximum atomic E-state index is 11.2. The van der Waals surface area contributed by atoms with E-state index in [4.69, 9.17) is 0 Å². The van der Waals surface area contributed by atoms with E-state index in [2.05, 4.69) is 5.10 Å². The molecule has 1 N–H and O–H groups in total. The fraction of sp³-hybridized carbons (Fsp3) is 0.750. The van der Waals surface area contributed by atoms with E-state index in [0.29, 0.717) is 17.8 Å². The molecule has 1 aromatic rings. The molecule has 0 radical (unpaired) electrons. The van der Waals surface area contributed by atoms with Crippen molar-refractivity contribution in [3.8, 4) is 0 Å². The number of aryl methyl sites for hydroxylation is 2. The Morgan fingerprint density at radius 1 is 1.44 bits per heavy atom. The Bertz CT molecular complexity index is 430. The summed E-state index contributed by atoms with van der Waals surface area (Å²) in [6.07, 6.45) is -0.141. The van der Waals surface area contributed by atoms with Crippen LogP contribution < -0.4 is 0 Å². The number of rotatable bonds is 5. The minimum Gasteiger partial charge on any atom is -0.393 e. The first-order valence-electron chi connectivity index (χ1n) is 6.19. The number of aromatic nitrogens is 2. The first-order valence-corrected chi connectivity index (χ1v) is 6.19. The molecule has 2 atom stereocenters. The summed E-state index contributed by atoms with van der Waals surface area (Å²) in [5, 5.41) is 25.3. The second kappa shape index (κ2) is 5.48. The van der Waals surface area contributed by atoms with Crippen LogP contribution in [0.4, 0.5) is 5.69 Å². The summed E-state index contributed by atoms with van der Waals surface area (Å²) < 4.78 is 1.54. The lowest BCUT2D eigenvalue weighted by Crippen LogP contribution is -2.23. The van der Waals surface area contributed by atoms with E-state index in [1.54, 1.807) is 14.0 Å². The van der Waals surface area contributed by atoms with Crippen molar-refractivity contribution in [1.29, 1.82) is 0 Å². The first-order chi connectivity index (χ1) is 8.31. The molecule has 0 aliphatic heterocycles. The van der Waals surface area contributed by atoms with Gasteiger partial charge in [0, 0.05) is 13.0 Å². The molecule has 102 valence electrons. The van der Waals surface area contributed by atoms with Crippen LogP contribution in [0.1, 0.15) is 45.0 Å². The monoisotopic (exact) mass is 255 g/mol.